The lowest BCUT2D eigenvalue weighted by Gasteiger charge is -2.36. The SMILES string of the molecule is Cc1cccc(C)c1OCCN1CCN(C(=N)c2ccccc2)CC1.ClOCl. The molecule has 1 aliphatic heterocycles. The number of nitrogens with one attached hydrogen (secondary N) is 1. The van der Waals surface area contributed by atoms with Crippen LogP contribution in [0.2, 0.25) is 0 Å². The molecule has 0 saturated carbocycles. The molecule has 0 spiro atoms. The van der Waals surface area contributed by atoms with Crippen LogP contribution in [-0.2, 0) is 3.84 Å². The first-order valence-corrected chi connectivity index (χ1v) is 9.88. The number of aryl methyl sites for hydroxylation is 2. The van der Waals surface area contributed by atoms with E-state index in [9.17, 15) is 0 Å². The molecule has 0 aromatic heterocycles. The summed E-state index contributed by atoms with van der Waals surface area (Å²) in [6, 6.07) is 16.2. The largest absolute Gasteiger partial charge is 0.492 e. The monoisotopic (exact) mass is 423 g/mol. The van der Waals surface area contributed by atoms with E-state index in [1.807, 2.05) is 30.3 Å². The van der Waals surface area contributed by atoms with E-state index < -0.39 is 0 Å². The second-order valence-corrected chi connectivity index (χ2v) is 7.14. The summed E-state index contributed by atoms with van der Waals surface area (Å²) in [5.74, 6) is 1.65. The molecule has 5 nitrogen and oxygen atoms in total. The number of hydrogen-bond acceptors (Lipinski definition) is 4. The van der Waals surface area contributed by atoms with Crippen molar-refractivity contribution in [3.8, 4) is 5.75 Å². The maximum Gasteiger partial charge on any atom is 0.128 e. The lowest BCUT2D eigenvalue weighted by molar-refractivity contribution is 0.153. The molecule has 0 bridgehead atoms. The molecule has 152 valence electrons. The van der Waals surface area contributed by atoms with Gasteiger partial charge in [-0.3, -0.25) is 10.3 Å². The molecule has 1 N–H and O–H groups in total. The van der Waals surface area contributed by atoms with E-state index in [4.69, 9.17) is 10.1 Å². The van der Waals surface area contributed by atoms with Crippen LogP contribution in [0.3, 0.4) is 0 Å². The minimum absolute atomic E-state index is 0.632. The Morgan fingerprint density at radius 2 is 1.50 bits per heavy atom. The summed E-state index contributed by atoms with van der Waals surface area (Å²) in [4.78, 5) is 4.58. The van der Waals surface area contributed by atoms with Crippen LogP contribution in [0.1, 0.15) is 16.7 Å². The Labute approximate surface area is 177 Å². The molecular weight excluding hydrogens is 397 g/mol. The predicted molar refractivity (Wildman–Crippen MR) is 115 cm³/mol. The maximum absolute atomic E-state index is 8.37. The summed E-state index contributed by atoms with van der Waals surface area (Å²) in [7, 11) is 0. The van der Waals surface area contributed by atoms with Gasteiger partial charge in [0.1, 0.15) is 18.2 Å². The van der Waals surface area contributed by atoms with Gasteiger partial charge in [-0.2, -0.15) is 3.84 Å². The molecule has 0 radical (unpaired) electrons. The third-order valence-electron chi connectivity index (χ3n) is 4.80. The van der Waals surface area contributed by atoms with Crippen LogP contribution in [0.15, 0.2) is 48.5 Å². The lowest BCUT2D eigenvalue weighted by Crippen LogP contribution is -2.49. The number of benzene rings is 2. The van der Waals surface area contributed by atoms with Crippen molar-refractivity contribution in [2.45, 2.75) is 13.8 Å². The fraction of sp³-hybridized carbons (Fsp3) is 0.381. The Kier molecular flexibility index (Phi) is 9.58. The van der Waals surface area contributed by atoms with Crippen molar-refractivity contribution in [1.29, 1.82) is 5.41 Å². The summed E-state index contributed by atoms with van der Waals surface area (Å²) >= 11 is 8.53. The van der Waals surface area contributed by atoms with Gasteiger partial charge in [0, 0.05) is 38.3 Å². The highest BCUT2D eigenvalue weighted by molar-refractivity contribution is 6.24. The molecule has 1 fully saturated rings. The number of amidine groups is 1. The molecule has 0 unspecified atom stereocenters. The number of piperazine rings is 1. The van der Waals surface area contributed by atoms with Gasteiger partial charge in [-0.15, -0.1) is 0 Å². The minimum atomic E-state index is 0.632. The molecule has 0 amide bonds. The van der Waals surface area contributed by atoms with Gasteiger partial charge in [0.05, 0.1) is 23.7 Å². The summed E-state index contributed by atoms with van der Waals surface area (Å²) < 4.78 is 9.21. The zero-order valence-corrected chi connectivity index (χ0v) is 17.8. The van der Waals surface area contributed by atoms with Crippen LogP contribution in [0.25, 0.3) is 0 Å². The zero-order chi connectivity index (χ0) is 20.4. The quantitative estimate of drug-likeness (QED) is 0.562. The second kappa shape index (κ2) is 11.9. The molecule has 2 aromatic carbocycles. The predicted octanol–water partition coefficient (Wildman–Crippen LogP) is 4.64. The standard InChI is InChI=1S/C21H27N3O.Cl2O/c1-17-7-6-8-18(2)20(17)25-16-15-23-11-13-24(14-12-23)21(22)19-9-4-3-5-10-19;1-3-2/h3-10,22H,11-16H2,1-2H3;. The second-order valence-electron chi connectivity index (χ2n) is 6.67. The highest BCUT2D eigenvalue weighted by Crippen LogP contribution is 2.22. The van der Waals surface area contributed by atoms with E-state index in [2.05, 4.69) is 69.4 Å². The van der Waals surface area contributed by atoms with Crippen molar-refractivity contribution in [2.24, 2.45) is 0 Å². The van der Waals surface area contributed by atoms with Gasteiger partial charge in [0.25, 0.3) is 0 Å². The molecule has 7 heteroatoms. The van der Waals surface area contributed by atoms with Crippen LogP contribution in [0.4, 0.5) is 0 Å². The molecular formula is C21H27Cl2N3O2. The first-order valence-electron chi connectivity index (χ1n) is 9.26. The van der Waals surface area contributed by atoms with Crippen molar-refractivity contribution < 1.29 is 8.58 Å². The molecule has 1 heterocycles. The summed E-state index contributed by atoms with van der Waals surface area (Å²) in [5.41, 5.74) is 3.39. The Bertz CT molecular complexity index is 715. The maximum atomic E-state index is 8.37. The van der Waals surface area contributed by atoms with Crippen molar-refractivity contribution in [1.82, 2.24) is 9.80 Å². The highest BCUT2D eigenvalue weighted by Gasteiger charge is 2.19. The average molecular weight is 424 g/mol. The molecule has 3 rings (SSSR count). The molecule has 0 aliphatic carbocycles. The van der Waals surface area contributed by atoms with Crippen LogP contribution in [-0.4, -0.2) is 55.0 Å². The van der Waals surface area contributed by atoms with E-state index in [-0.39, 0.29) is 0 Å². The van der Waals surface area contributed by atoms with Crippen molar-refractivity contribution in [3.63, 3.8) is 0 Å². The number of rotatable bonds is 5. The Hall–Kier alpha value is -1.79. The van der Waals surface area contributed by atoms with E-state index in [1.54, 1.807) is 0 Å². The smallest absolute Gasteiger partial charge is 0.128 e. The van der Waals surface area contributed by atoms with Gasteiger partial charge in [0.2, 0.25) is 0 Å². The van der Waals surface area contributed by atoms with E-state index in [0.717, 1.165) is 44.0 Å². The average Bonchev–Trinajstić information content (AvgIpc) is 2.71. The van der Waals surface area contributed by atoms with Crippen molar-refractivity contribution in [2.75, 3.05) is 39.3 Å². The van der Waals surface area contributed by atoms with Gasteiger partial charge >= 0.3 is 0 Å². The van der Waals surface area contributed by atoms with Gasteiger partial charge in [0.15, 0.2) is 0 Å². The van der Waals surface area contributed by atoms with E-state index in [1.165, 1.54) is 11.1 Å². The minimum Gasteiger partial charge on any atom is -0.492 e. The number of halogens is 2. The zero-order valence-electron chi connectivity index (χ0n) is 16.3. The van der Waals surface area contributed by atoms with Crippen LogP contribution >= 0.6 is 23.7 Å². The highest BCUT2D eigenvalue weighted by atomic mass is 35.6. The number of nitrogens with zero attached hydrogens (tertiary/aromatic N) is 2. The molecule has 1 aliphatic rings. The Morgan fingerprint density at radius 3 is 2.07 bits per heavy atom. The van der Waals surface area contributed by atoms with Gasteiger partial charge in [-0.1, -0.05) is 48.5 Å². The summed E-state index contributed by atoms with van der Waals surface area (Å²) in [6.45, 7) is 9.58. The van der Waals surface area contributed by atoms with Crippen molar-refractivity contribution in [3.05, 3.63) is 65.2 Å². The molecule has 0 atom stereocenters. The van der Waals surface area contributed by atoms with Crippen molar-refractivity contribution >= 4 is 29.6 Å². The fourth-order valence-corrected chi connectivity index (χ4v) is 3.28. The fourth-order valence-electron chi connectivity index (χ4n) is 3.28. The van der Waals surface area contributed by atoms with Crippen LogP contribution in [0, 0.1) is 19.3 Å². The third kappa shape index (κ3) is 6.67. The summed E-state index contributed by atoms with van der Waals surface area (Å²) in [5, 5.41) is 8.37. The van der Waals surface area contributed by atoms with E-state index in [0.29, 0.717) is 12.4 Å². The normalized spacial score (nSPS) is 14.2. The number of ether oxygens (including phenoxy) is 1. The van der Waals surface area contributed by atoms with Crippen LogP contribution < -0.4 is 4.74 Å². The number of hydrogen-bond donors (Lipinski definition) is 1. The molecule has 2 aromatic rings. The van der Waals surface area contributed by atoms with Crippen LogP contribution in [0.5, 0.6) is 5.75 Å². The lowest BCUT2D eigenvalue weighted by atomic mass is 10.1. The topological polar surface area (TPSA) is 48.8 Å². The summed E-state index contributed by atoms with van der Waals surface area (Å²) in [6.07, 6.45) is 0. The Balaban J connectivity index is 0.000000878. The molecule has 28 heavy (non-hydrogen) atoms. The van der Waals surface area contributed by atoms with Gasteiger partial charge < -0.3 is 9.64 Å². The Morgan fingerprint density at radius 1 is 0.929 bits per heavy atom. The number of para-hydroxylation sites is 1. The van der Waals surface area contributed by atoms with E-state index >= 15 is 0 Å². The third-order valence-corrected chi connectivity index (χ3v) is 4.80. The molecule has 1 saturated heterocycles. The first kappa shape index (κ1) is 22.5. The first-order chi connectivity index (χ1) is 13.6. The van der Waals surface area contributed by atoms with Gasteiger partial charge in [-0.05, 0) is 25.0 Å². The van der Waals surface area contributed by atoms with Gasteiger partial charge in [-0.25, -0.2) is 0 Å².